The van der Waals surface area contributed by atoms with Crippen molar-refractivity contribution >= 4 is 30.3 Å². The molecule has 2 fully saturated rings. The van der Waals surface area contributed by atoms with Crippen LogP contribution in [-0.2, 0) is 9.59 Å². The summed E-state index contributed by atoms with van der Waals surface area (Å²) >= 11 is 0. The van der Waals surface area contributed by atoms with Crippen LogP contribution in [-0.4, -0.2) is 64.5 Å². The number of aliphatic carboxylic acids is 1. The highest BCUT2D eigenvalue weighted by Crippen LogP contribution is 2.34. The summed E-state index contributed by atoms with van der Waals surface area (Å²) in [4.78, 5) is 38.2. The van der Waals surface area contributed by atoms with Crippen molar-refractivity contribution < 1.29 is 19.5 Å². The molecule has 0 radical (unpaired) electrons. The van der Waals surface area contributed by atoms with Gasteiger partial charge < -0.3 is 10.4 Å². The van der Waals surface area contributed by atoms with Crippen LogP contribution in [0.25, 0.3) is 0 Å². The molecule has 7 nitrogen and oxygen atoms in total. The number of hydrogen-bond donors (Lipinski definition) is 2. The van der Waals surface area contributed by atoms with Crippen molar-refractivity contribution in [3.63, 3.8) is 0 Å². The van der Waals surface area contributed by atoms with Crippen molar-refractivity contribution in [2.24, 2.45) is 0 Å². The number of rotatable bonds is 7. The third-order valence-electron chi connectivity index (χ3n) is 4.24. The van der Waals surface area contributed by atoms with Crippen molar-refractivity contribution in [1.29, 1.82) is 0 Å². The Morgan fingerprint density at radius 1 is 1.32 bits per heavy atom. The Bertz CT molecular complexity index is 438. The van der Waals surface area contributed by atoms with E-state index in [9.17, 15) is 14.4 Å². The Labute approximate surface area is 136 Å². The van der Waals surface area contributed by atoms with Gasteiger partial charge in [0.1, 0.15) is 5.54 Å². The van der Waals surface area contributed by atoms with Crippen LogP contribution in [0, 0.1) is 0 Å². The van der Waals surface area contributed by atoms with Crippen molar-refractivity contribution in [1.82, 2.24) is 15.1 Å². The van der Waals surface area contributed by atoms with Crippen LogP contribution in [0.2, 0.25) is 0 Å². The smallest absolute Gasteiger partial charge is 0.325 e. The lowest BCUT2D eigenvalue weighted by Crippen LogP contribution is -2.45. The summed E-state index contributed by atoms with van der Waals surface area (Å²) in [5, 5.41) is 11.7. The molecule has 22 heavy (non-hydrogen) atoms. The maximum atomic E-state index is 12.4. The highest BCUT2D eigenvalue weighted by molar-refractivity contribution is 6.07. The Morgan fingerprint density at radius 3 is 2.50 bits per heavy atom. The van der Waals surface area contributed by atoms with Gasteiger partial charge in [0.15, 0.2) is 0 Å². The van der Waals surface area contributed by atoms with E-state index in [1.54, 1.807) is 4.90 Å². The van der Waals surface area contributed by atoms with Crippen LogP contribution in [0.1, 0.15) is 39.0 Å². The van der Waals surface area contributed by atoms with E-state index in [4.69, 9.17) is 5.11 Å². The molecule has 0 atom stereocenters. The van der Waals surface area contributed by atoms with E-state index in [0.717, 1.165) is 19.3 Å². The maximum absolute atomic E-state index is 12.4. The van der Waals surface area contributed by atoms with E-state index in [2.05, 4.69) is 5.32 Å². The Hall–Kier alpha value is -1.34. The molecule has 0 aromatic heterocycles. The fraction of sp³-hybridized carbons (Fsp3) is 0.786. The van der Waals surface area contributed by atoms with Gasteiger partial charge in [0.25, 0.3) is 5.91 Å². The Morgan fingerprint density at radius 2 is 1.95 bits per heavy atom. The van der Waals surface area contributed by atoms with Gasteiger partial charge in [-0.3, -0.25) is 19.4 Å². The topological polar surface area (TPSA) is 90.0 Å². The molecule has 2 rings (SSSR count). The number of urea groups is 1. The SMILES string of the molecule is CCCN(CCN1C(=O)NC2(CCCC2)C1=O)CC(=O)O.Cl. The van der Waals surface area contributed by atoms with Crippen LogP contribution in [0.3, 0.4) is 0 Å². The number of imide groups is 1. The van der Waals surface area contributed by atoms with Crippen LogP contribution in [0.15, 0.2) is 0 Å². The van der Waals surface area contributed by atoms with E-state index in [0.29, 0.717) is 25.9 Å². The molecule has 1 saturated carbocycles. The van der Waals surface area contributed by atoms with E-state index >= 15 is 0 Å². The third-order valence-corrected chi connectivity index (χ3v) is 4.24. The molecule has 2 aliphatic rings. The molecule has 0 unspecified atom stereocenters. The van der Waals surface area contributed by atoms with Crippen molar-refractivity contribution in [3.05, 3.63) is 0 Å². The average molecular weight is 334 g/mol. The summed E-state index contributed by atoms with van der Waals surface area (Å²) in [6.45, 7) is 3.19. The van der Waals surface area contributed by atoms with Gasteiger partial charge in [-0.25, -0.2) is 4.79 Å². The zero-order chi connectivity index (χ0) is 15.5. The Balaban J connectivity index is 0.00000242. The van der Waals surface area contributed by atoms with Gasteiger partial charge in [-0.05, 0) is 25.8 Å². The summed E-state index contributed by atoms with van der Waals surface area (Å²) in [6.07, 6.45) is 4.17. The van der Waals surface area contributed by atoms with Gasteiger partial charge in [-0.1, -0.05) is 19.8 Å². The van der Waals surface area contributed by atoms with E-state index < -0.39 is 11.5 Å². The van der Waals surface area contributed by atoms with Gasteiger partial charge in [0.2, 0.25) is 0 Å². The molecule has 1 heterocycles. The second kappa shape index (κ2) is 7.78. The second-order valence-corrected chi connectivity index (χ2v) is 5.85. The summed E-state index contributed by atoms with van der Waals surface area (Å²) in [7, 11) is 0. The maximum Gasteiger partial charge on any atom is 0.325 e. The number of carboxylic acids is 1. The van der Waals surface area contributed by atoms with E-state index in [-0.39, 0.29) is 37.4 Å². The fourth-order valence-electron chi connectivity index (χ4n) is 3.22. The Kier molecular flexibility index (Phi) is 6.62. The fourth-order valence-corrected chi connectivity index (χ4v) is 3.22. The molecular formula is C14H24ClN3O4. The van der Waals surface area contributed by atoms with Gasteiger partial charge in [-0.2, -0.15) is 0 Å². The first-order valence-corrected chi connectivity index (χ1v) is 7.57. The number of nitrogens with one attached hydrogen (secondary N) is 1. The highest BCUT2D eigenvalue weighted by atomic mass is 35.5. The van der Waals surface area contributed by atoms with E-state index in [1.807, 2.05) is 6.92 Å². The largest absolute Gasteiger partial charge is 0.480 e. The summed E-state index contributed by atoms with van der Waals surface area (Å²) in [6, 6.07) is -0.339. The molecule has 1 saturated heterocycles. The zero-order valence-corrected chi connectivity index (χ0v) is 13.7. The van der Waals surface area contributed by atoms with Gasteiger partial charge in [0, 0.05) is 13.1 Å². The van der Waals surface area contributed by atoms with Gasteiger partial charge >= 0.3 is 12.0 Å². The number of hydrogen-bond acceptors (Lipinski definition) is 4. The number of nitrogens with zero attached hydrogens (tertiary/aromatic N) is 2. The van der Waals surface area contributed by atoms with Crippen molar-refractivity contribution in [3.8, 4) is 0 Å². The molecule has 126 valence electrons. The monoisotopic (exact) mass is 333 g/mol. The summed E-state index contributed by atoms with van der Waals surface area (Å²) in [5.74, 6) is -1.04. The van der Waals surface area contributed by atoms with Crippen LogP contribution in [0.5, 0.6) is 0 Å². The van der Waals surface area contributed by atoms with E-state index in [1.165, 1.54) is 4.90 Å². The molecule has 0 aromatic carbocycles. The van der Waals surface area contributed by atoms with Crippen molar-refractivity contribution in [2.75, 3.05) is 26.2 Å². The van der Waals surface area contributed by atoms with Crippen LogP contribution >= 0.6 is 12.4 Å². The normalized spacial score (nSPS) is 19.6. The predicted octanol–water partition coefficient (Wildman–Crippen LogP) is 1.07. The highest BCUT2D eigenvalue weighted by Gasteiger charge is 2.52. The molecule has 0 bridgehead atoms. The first-order valence-electron chi connectivity index (χ1n) is 7.57. The number of amides is 3. The van der Waals surface area contributed by atoms with Gasteiger partial charge in [-0.15, -0.1) is 12.4 Å². The number of carbonyl (C=O) groups is 3. The quantitative estimate of drug-likeness (QED) is 0.680. The molecule has 0 aromatic rings. The lowest BCUT2D eigenvalue weighted by molar-refractivity contribution is -0.138. The van der Waals surface area contributed by atoms with Crippen LogP contribution < -0.4 is 5.32 Å². The lowest BCUT2D eigenvalue weighted by atomic mass is 9.98. The molecular weight excluding hydrogens is 310 g/mol. The van der Waals surface area contributed by atoms with Crippen LogP contribution in [0.4, 0.5) is 4.79 Å². The first-order chi connectivity index (χ1) is 9.98. The lowest BCUT2D eigenvalue weighted by Gasteiger charge is -2.23. The number of carboxylic acid groups (broad SMARTS) is 1. The minimum atomic E-state index is -0.895. The van der Waals surface area contributed by atoms with Crippen molar-refractivity contribution in [2.45, 2.75) is 44.6 Å². The molecule has 1 aliphatic carbocycles. The summed E-state index contributed by atoms with van der Waals surface area (Å²) < 4.78 is 0. The molecule has 2 N–H and O–H groups in total. The standard InChI is InChI=1S/C14H23N3O4.ClH/c1-2-7-16(10-11(18)19)8-9-17-12(20)14(15-13(17)21)5-3-4-6-14;/h2-10H2,1H3,(H,15,21)(H,18,19);1H. The van der Waals surface area contributed by atoms with Gasteiger partial charge in [0.05, 0.1) is 6.54 Å². The summed E-state index contributed by atoms with van der Waals surface area (Å²) in [5.41, 5.74) is -0.681. The second-order valence-electron chi connectivity index (χ2n) is 5.85. The number of halogens is 1. The number of carbonyl (C=O) groups excluding carboxylic acids is 2. The molecule has 8 heteroatoms. The third kappa shape index (κ3) is 3.89. The molecule has 1 spiro atoms. The zero-order valence-electron chi connectivity index (χ0n) is 12.8. The minimum absolute atomic E-state index is 0. The predicted molar refractivity (Wildman–Crippen MR) is 83.1 cm³/mol. The molecule has 3 amide bonds. The first kappa shape index (κ1) is 18.7. The molecule has 1 aliphatic heterocycles. The minimum Gasteiger partial charge on any atom is -0.480 e. The average Bonchev–Trinajstić information content (AvgIpc) is 2.95.